The van der Waals surface area contributed by atoms with Crippen LogP contribution in [0.25, 0.3) is 0 Å². The van der Waals surface area contributed by atoms with E-state index in [1.807, 2.05) is 4.90 Å². The number of amides is 1. The molecule has 2 aliphatic rings. The summed E-state index contributed by atoms with van der Waals surface area (Å²) in [7, 11) is 0. The second-order valence-corrected chi connectivity index (χ2v) is 4.58. The van der Waals surface area contributed by atoms with E-state index >= 15 is 0 Å². The van der Waals surface area contributed by atoms with Gasteiger partial charge in [-0.05, 0) is 19.3 Å². The van der Waals surface area contributed by atoms with Crippen molar-refractivity contribution in [3.8, 4) is 0 Å². The Kier molecular flexibility index (Phi) is 2.77. The van der Waals surface area contributed by atoms with Crippen molar-refractivity contribution in [3.05, 3.63) is 0 Å². The monoisotopic (exact) mass is 197 g/mol. The largest absolute Gasteiger partial charge is 0.393 e. The second kappa shape index (κ2) is 3.89. The van der Waals surface area contributed by atoms with Gasteiger partial charge in [0.1, 0.15) is 0 Å². The number of piperidine rings is 1. The molecule has 1 N–H and O–H groups in total. The summed E-state index contributed by atoms with van der Waals surface area (Å²) < 4.78 is 0. The van der Waals surface area contributed by atoms with Crippen molar-refractivity contribution < 1.29 is 9.90 Å². The summed E-state index contributed by atoms with van der Waals surface area (Å²) in [6.07, 6.45) is 5.19. The summed E-state index contributed by atoms with van der Waals surface area (Å²) in [5.74, 6) is 0.523. The molecule has 0 aromatic rings. The molecular weight excluding hydrogens is 178 g/mol. The highest BCUT2D eigenvalue weighted by molar-refractivity contribution is 5.73. The molecule has 1 saturated carbocycles. The molecule has 1 aliphatic heterocycles. The maximum Gasteiger partial charge on any atom is 0.219 e. The van der Waals surface area contributed by atoms with Gasteiger partial charge in [-0.15, -0.1) is 0 Å². The number of likely N-dealkylation sites (tertiary alicyclic amines) is 1. The van der Waals surface area contributed by atoms with E-state index in [1.54, 1.807) is 6.92 Å². The lowest BCUT2D eigenvalue weighted by Crippen LogP contribution is -2.54. The van der Waals surface area contributed by atoms with Gasteiger partial charge in [-0.25, -0.2) is 0 Å². The van der Waals surface area contributed by atoms with E-state index < -0.39 is 0 Å². The van der Waals surface area contributed by atoms with E-state index in [2.05, 4.69) is 0 Å². The second-order valence-electron chi connectivity index (χ2n) is 4.58. The van der Waals surface area contributed by atoms with Crippen LogP contribution in [0, 0.1) is 5.92 Å². The fourth-order valence-electron chi connectivity index (χ4n) is 3.02. The molecule has 0 bridgehead atoms. The summed E-state index contributed by atoms with van der Waals surface area (Å²) >= 11 is 0. The fourth-order valence-corrected chi connectivity index (χ4v) is 3.02. The third-order valence-electron chi connectivity index (χ3n) is 3.75. The number of aliphatic hydroxyl groups is 1. The van der Waals surface area contributed by atoms with Crippen LogP contribution in [0.5, 0.6) is 0 Å². The highest BCUT2D eigenvalue weighted by Gasteiger charge is 2.39. The topological polar surface area (TPSA) is 40.5 Å². The zero-order valence-corrected chi connectivity index (χ0v) is 8.78. The molecular formula is C11H19NO2. The molecule has 3 atom stereocenters. The smallest absolute Gasteiger partial charge is 0.219 e. The van der Waals surface area contributed by atoms with Crippen LogP contribution in [0.2, 0.25) is 0 Å². The van der Waals surface area contributed by atoms with Gasteiger partial charge in [0.15, 0.2) is 0 Å². The predicted molar refractivity (Wildman–Crippen MR) is 53.8 cm³/mol. The van der Waals surface area contributed by atoms with Crippen molar-refractivity contribution in [2.24, 2.45) is 5.92 Å². The van der Waals surface area contributed by atoms with E-state index in [-0.39, 0.29) is 12.0 Å². The van der Waals surface area contributed by atoms with Crippen LogP contribution in [0.3, 0.4) is 0 Å². The quantitative estimate of drug-likeness (QED) is 0.633. The Morgan fingerprint density at radius 2 is 2.00 bits per heavy atom. The first-order valence-corrected chi connectivity index (χ1v) is 5.65. The lowest BCUT2D eigenvalue weighted by molar-refractivity contribution is -0.139. The maximum atomic E-state index is 11.4. The van der Waals surface area contributed by atoms with Crippen LogP contribution in [-0.4, -0.2) is 34.6 Å². The molecule has 80 valence electrons. The van der Waals surface area contributed by atoms with Crippen molar-refractivity contribution in [2.75, 3.05) is 6.54 Å². The van der Waals surface area contributed by atoms with Gasteiger partial charge in [-0.1, -0.05) is 12.8 Å². The highest BCUT2D eigenvalue weighted by Crippen LogP contribution is 2.35. The molecule has 1 heterocycles. The highest BCUT2D eigenvalue weighted by atomic mass is 16.3. The first-order chi connectivity index (χ1) is 6.70. The number of rotatable bonds is 0. The normalized spacial score (nSPS) is 37.9. The molecule has 3 heteroatoms. The third kappa shape index (κ3) is 1.65. The van der Waals surface area contributed by atoms with Crippen molar-refractivity contribution in [3.63, 3.8) is 0 Å². The number of carbonyl (C=O) groups excluding carboxylic acids is 1. The van der Waals surface area contributed by atoms with Gasteiger partial charge in [-0.2, -0.15) is 0 Å². The minimum absolute atomic E-state index is 0.170. The first kappa shape index (κ1) is 9.97. The van der Waals surface area contributed by atoms with Crippen LogP contribution in [0.1, 0.15) is 39.0 Å². The number of fused-ring (bicyclic) bond motifs is 1. The van der Waals surface area contributed by atoms with E-state index in [4.69, 9.17) is 0 Å². The molecule has 3 nitrogen and oxygen atoms in total. The average molecular weight is 197 g/mol. The Morgan fingerprint density at radius 1 is 1.29 bits per heavy atom. The Bertz CT molecular complexity index is 229. The van der Waals surface area contributed by atoms with Crippen LogP contribution in [-0.2, 0) is 4.79 Å². The number of nitrogens with zero attached hydrogens (tertiary/aromatic N) is 1. The molecule has 0 radical (unpaired) electrons. The summed E-state index contributed by atoms with van der Waals surface area (Å²) in [6.45, 7) is 2.39. The van der Waals surface area contributed by atoms with Crippen LogP contribution < -0.4 is 0 Å². The Morgan fingerprint density at radius 3 is 2.71 bits per heavy atom. The van der Waals surface area contributed by atoms with Crippen LogP contribution in [0.4, 0.5) is 0 Å². The van der Waals surface area contributed by atoms with Crippen molar-refractivity contribution >= 4 is 5.91 Å². The van der Waals surface area contributed by atoms with Crippen LogP contribution in [0.15, 0.2) is 0 Å². The van der Waals surface area contributed by atoms with Crippen molar-refractivity contribution in [1.82, 2.24) is 4.90 Å². The Balaban J connectivity index is 2.12. The predicted octanol–water partition coefficient (Wildman–Crippen LogP) is 1.16. The summed E-state index contributed by atoms with van der Waals surface area (Å²) in [5, 5.41) is 9.87. The average Bonchev–Trinajstić information content (AvgIpc) is 2.18. The van der Waals surface area contributed by atoms with Gasteiger partial charge in [0.25, 0.3) is 0 Å². The minimum atomic E-state index is -0.170. The Labute approximate surface area is 85.1 Å². The fraction of sp³-hybridized carbons (Fsp3) is 0.909. The van der Waals surface area contributed by atoms with Gasteiger partial charge >= 0.3 is 0 Å². The molecule has 1 aliphatic carbocycles. The lowest BCUT2D eigenvalue weighted by Gasteiger charge is -2.46. The van der Waals surface area contributed by atoms with Crippen molar-refractivity contribution in [1.29, 1.82) is 0 Å². The van der Waals surface area contributed by atoms with E-state index in [0.29, 0.717) is 12.0 Å². The van der Waals surface area contributed by atoms with E-state index in [9.17, 15) is 9.90 Å². The lowest BCUT2D eigenvalue weighted by atomic mass is 9.76. The molecule has 14 heavy (non-hydrogen) atoms. The first-order valence-electron chi connectivity index (χ1n) is 5.65. The van der Waals surface area contributed by atoms with Gasteiger partial charge in [0, 0.05) is 25.4 Å². The molecule has 2 rings (SSSR count). The molecule has 0 aromatic heterocycles. The molecule has 0 aromatic carbocycles. The molecule has 0 unspecified atom stereocenters. The summed E-state index contributed by atoms with van der Waals surface area (Å²) in [5.41, 5.74) is 0. The molecule has 0 spiro atoms. The third-order valence-corrected chi connectivity index (χ3v) is 3.75. The van der Waals surface area contributed by atoms with Gasteiger partial charge in [-0.3, -0.25) is 4.79 Å². The van der Waals surface area contributed by atoms with Crippen LogP contribution >= 0.6 is 0 Å². The minimum Gasteiger partial charge on any atom is -0.393 e. The maximum absolute atomic E-state index is 11.4. The molecule has 1 saturated heterocycles. The van der Waals surface area contributed by atoms with Gasteiger partial charge in [0.2, 0.25) is 5.91 Å². The number of hydrogen-bond acceptors (Lipinski definition) is 2. The SMILES string of the molecule is CC(=O)N1CC[C@H](O)[C@@H]2CCCC[C@H]21. The van der Waals surface area contributed by atoms with Gasteiger partial charge < -0.3 is 10.0 Å². The van der Waals surface area contributed by atoms with Gasteiger partial charge in [0.05, 0.1) is 6.10 Å². The zero-order valence-electron chi connectivity index (χ0n) is 8.78. The number of carbonyl (C=O) groups is 1. The number of aliphatic hydroxyl groups excluding tert-OH is 1. The Hall–Kier alpha value is -0.570. The number of hydrogen-bond donors (Lipinski definition) is 1. The summed E-state index contributed by atoms with van der Waals surface area (Å²) in [4.78, 5) is 13.4. The van der Waals surface area contributed by atoms with Crippen molar-refractivity contribution in [2.45, 2.75) is 51.2 Å². The molecule has 1 amide bonds. The summed E-state index contributed by atoms with van der Waals surface area (Å²) in [6, 6.07) is 0.324. The molecule has 2 fully saturated rings. The van der Waals surface area contributed by atoms with E-state index in [1.165, 1.54) is 12.8 Å². The zero-order chi connectivity index (χ0) is 10.1. The van der Waals surface area contributed by atoms with E-state index in [0.717, 1.165) is 25.8 Å². The standard InChI is InChI=1S/C11H19NO2/c1-8(13)12-7-6-11(14)9-4-2-3-5-10(9)12/h9-11,14H,2-7H2,1H3/t9-,10-,11+/m1/s1.